The molecule has 2 N–H and O–H groups in total. The molecule has 5 heteroatoms. The quantitative estimate of drug-likeness (QED) is 0.893. The molecule has 1 aromatic rings. The summed E-state index contributed by atoms with van der Waals surface area (Å²) in [6.07, 6.45) is 4.32. The van der Waals surface area contributed by atoms with Gasteiger partial charge in [0, 0.05) is 12.1 Å². The van der Waals surface area contributed by atoms with E-state index in [0.717, 1.165) is 23.4 Å². The zero-order chi connectivity index (χ0) is 14.4. The van der Waals surface area contributed by atoms with E-state index in [4.69, 9.17) is 9.47 Å². The fourth-order valence-electron chi connectivity index (χ4n) is 3.60. The second-order valence-electron chi connectivity index (χ2n) is 6.20. The van der Waals surface area contributed by atoms with E-state index >= 15 is 0 Å². The molecule has 1 aromatic carbocycles. The first kappa shape index (κ1) is 13.1. The summed E-state index contributed by atoms with van der Waals surface area (Å²) in [7, 11) is 0. The maximum atomic E-state index is 11.4. The highest BCUT2D eigenvalue weighted by atomic mass is 16.5. The summed E-state index contributed by atoms with van der Waals surface area (Å²) < 4.78 is 11.3. The Bertz CT molecular complexity index is 575. The van der Waals surface area contributed by atoms with Gasteiger partial charge >= 0.3 is 0 Å². The van der Waals surface area contributed by atoms with Crippen molar-refractivity contribution < 1.29 is 14.3 Å². The highest BCUT2D eigenvalue weighted by molar-refractivity contribution is 5.95. The molecule has 4 unspecified atom stereocenters. The highest BCUT2D eigenvalue weighted by Crippen LogP contribution is 2.36. The SMILES string of the molecule is CC(NC1CC2CCC1O2)c1ccc2c(c1)NC(=O)CO2. The lowest BCUT2D eigenvalue weighted by molar-refractivity contribution is -0.118. The predicted molar refractivity (Wildman–Crippen MR) is 78.4 cm³/mol. The van der Waals surface area contributed by atoms with Gasteiger partial charge in [0.1, 0.15) is 5.75 Å². The Kier molecular flexibility index (Phi) is 3.12. The van der Waals surface area contributed by atoms with Crippen molar-refractivity contribution in [3.05, 3.63) is 23.8 Å². The van der Waals surface area contributed by atoms with Crippen LogP contribution in [-0.2, 0) is 9.53 Å². The molecule has 21 heavy (non-hydrogen) atoms. The minimum Gasteiger partial charge on any atom is -0.482 e. The molecule has 3 aliphatic rings. The van der Waals surface area contributed by atoms with Gasteiger partial charge in [-0.25, -0.2) is 0 Å². The lowest BCUT2D eigenvalue weighted by Gasteiger charge is -2.26. The summed E-state index contributed by atoms with van der Waals surface area (Å²) in [5.41, 5.74) is 1.92. The number of amides is 1. The van der Waals surface area contributed by atoms with Crippen LogP contribution in [0.25, 0.3) is 0 Å². The van der Waals surface area contributed by atoms with Crippen LogP contribution in [0.15, 0.2) is 18.2 Å². The molecule has 0 aromatic heterocycles. The van der Waals surface area contributed by atoms with Crippen molar-refractivity contribution in [2.24, 2.45) is 0 Å². The Hall–Kier alpha value is -1.59. The second-order valence-corrected chi connectivity index (χ2v) is 6.20. The molecular formula is C16H20N2O3. The summed E-state index contributed by atoms with van der Waals surface area (Å²) in [6.45, 7) is 2.25. The van der Waals surface area contributed by atoms with Crippen LogP contribution in [0, 0.1) is 0 Å². The van der Waals surface area contributed by atoms with E-state index in [1.54, 1.807) is 0 Å². The first-order valence-corrected chi connectivity index (χ1v) is 7.67. The van der Waals surface area contributed by atoms with E-state index in [2.05, 4.69) is 23.6 Å². The number of fused-ring (bicyclic) bond motifs is 3. The maximum absolute atomic E-state index is 11.4. The van der Waals surface area contributed by atoms with Crippen molar-refractivity contribution in [1.29, 1.82) is 0 Å². The van der Waals surface area contributed by atoms with Crippen molar-refractivity contribution in [3.63, 3.8) is 0 Å². The molecule has 3 aliphatic heterocycles. The number of carbonyl (C=O) groups is 1. The molecular weight excluding hydrogens is 268 g/mol. The second kappa shape index (κ2) is 5.00. The molecule has 2 fully saturated rings. The van der Waals surface area contributed by atoms with Crippen LogP contribution in [0.2, 0.25) is 0 Å². The Morgan fingerprint density at radius 3 is 3.05 bits per heavy atom. The minimum atomic E-state index is -0.0956. The van der Waals surface area contributed by atoms with Gasteiger partial charge in [0.2, 0.25) is 0 Å². The number of benzene rings is 1. The van der Waals surface area contributed by atoms with E-state index in [0.29, 0.717) is 18.2 Å². The van der Waals surface area contributed by atoms with Gasteiger partial charge in [0.25, 0.3) is 5.91 Å². The van der Waals surface area contributed by atoms with Crippen LogP contribution in [0.1, 0.15) is 37.8 Å². The third-order valence-corrected chi connectivity index (χ3v) is 4.71. The number of carbonyl (C=O) groups excluding carboxylic acids is 1. The molecule has 0 saturated carbocycles. The zero-order valence-corrected chi connectivity index (χ0v) is 12.1. The molecule has 2 saturated heterocycles. The van der Waals surface area contributed by atoms with Crippen LogP contribution in [0.3, 0.4) is 0 Å². The average Bonchev–Trinajstić information content (AvgIpc) is 3.09. The maximum Gasteiger partial charge on any atom is 0.262 e. The number of rotatable bonds is 3. The molecule has 0 spiro atoms. The fourth-order valence-corrected chi connectivity index (χ4v) is 3.60. The largest absolute Gasteiger partial charge is 0.482 e. The summed E-state index contributed by atoms with van der Waals surface area (Å²) in [5, 5.41) is 6.53. The van der Waals surface area contributed by atoms with E-state index in [-0.39, 0.29) is 18.6 Å². The van der Waals surface area contributed by atoms with Gasteiger partial charge in [-0.3, -0.25) is 4.79 Å². The van der Waals surface area contributed by atoms with Crippen LogP contribution in [-0.4, -0.2) is 30.8 Å². The standard InChI is InChI=1S/C16H20N2O3/c1-9(17-13-7-11-3-5-15(13)21-11)10-2-4-14-12(6-10)18-16(19)8-20-14/h2,4,6,9,11,13,15,17H,3,5,7-8H2,1H3,(H,18,19). The third-order valence-electron chi connectivity index (χ3n) is 4.71. The molecule has 1 amide bonds. The van der Waals surface area contributed by atoms with Gasteiger partial charge in [-0.1, -0.05) is 6.07 Å². The number of ether oxygens (including phenoxy) is 2. The Labute approximate surface area is 124 Å². The van der Waals surface area contributed by atoms with Crippen LogP contribution < -0.4 is 15.4 Å². The normalized spacial score (nSPS) is 31.5. The Morgan fingerprint density at radius 2 is 2.29 bits per heavy atom. The number of anilines is 1. The molecule has 4 atom stereocenters. The van der Waals surface area contributed by atoms with Gasteiger partial charge in [-0.05, 0) is 43.9 Å². The topological polar surface area (TPSA) is 59.6 Å². The molecule has 112 valence electrons. The molecule has 0 radical (unpaired) electrons. The predicted octanol–water partition coefficient (Wildman–Crippen LogP) is 1.99. The smallest absolute Gasteiger partial charge is 0.262 e. The molecule has 4 rings (SSSR count). The molecule has 3 heterocycles. The number of hydrogen-bond acceptors (Lipinski definition) is 4. The molecule has 2 bridgehead atoms. The summed E-state index contributed by atoms with van der Waals surface area (Å²) >= 11 is 0. The van der Waals surface area contributed by atoms with Gasteiger partial charge in [0.05, 0.1) is 17.9 Å². The van der Waals surface area contributed by atoms with E-state index < -0.39 is 0 Å². The Balaban J connectivity index is 1.48. The third kappa shape index (κ3) is 2.40. The van der Waals surface area contributed by atoms with Gasteiger partial charge < -0.3 is 20.1 Å². The summed E-state index contributed by atoms with van der Waals surface area (Å²) in [5.74, 6) is 0.649. The van der Waals surface area contributed by atoms with Crippen molar-refractivity contribution in [2.75, 3.05) is 11.9 Å². The molecule has 5 nitrogen and oxygen atoms in total. The van der Waals surface area contributed by atoms with Crippen molar-refractivity contribution in [2.45, 2.75) is 50.5 Å². The van der Waals surface area contributed by atoms with Crippen molar-refractivity contribution in [1.82, 2.24) is 5.32 Å². The summed E-state index contributed by atoms with van der Waals surface area (Å²) in [6, 6.07) is 6.66. The first-order chi connectivity index (χ1) is 10.2. The minimum absolute atomic E-state index is 0.0956. The number of nitrogens with one attached hydrogen (secondary N) is 2. The van der Waals surface area contributed by atoms with E-state index in [9.17, 15) is 4.79 Å². The lowest BCUT2D eigenvalue weighted by atomic mass is 9.94. The van der Waals surface area contributed by atoms with Crippen molar-refractivity contribution >= 4 is 11.6 Å². The van der Waals surface area contributed by atoms with Crippen LogP contribution >= 0.6 is 0 Å². The van der Waals surface area contributed by atoms with Crippen LogP contribution in [0.4, 0.5) is 5.69 Å². The average molecular weight is 288 g/mol. The van der Waals surface area contributed by atoms with Gasteiger partial charge in [-0.15, -0.1) is 0 Å². The number of hydrogen-bond donors (Lipinski definition) is 2. The fraction of sp³-hybridized carbons (Fsp3) is 0.562. The summed E-state index contributed by atoms with van der Waals surface area (Å²) in [4.78, 5) is 11.4. The van der Waals surface area contributed by atoms with Gasteiger partial charge in [0.15, 0.2) is 6.61 Å². The Morgan fingerprint density at radius 1 is 1.38 bits per heavy atom. The first-order valence-electron chi connectivity index (χ1n) is 7.67. The van der Waals surface area contributed by atoms with E-state index in [1.807, 2.05) is 12.1 Å². The van der Waals surface area contributed by atoms with E-state index in [1.165, 1.54) is 12.8 Å². The van der Waals surface area contributed by atoms with Gasteiger partial charge in [-0.2, -0.15) is 0 Å². The van der Waals surface area contributed by atoms with Crippen LogP contribution in [0.5, 0.6) is 5.75 Å². The monoisotopic (exact) mass is 288 g/mol. The lowest BCUT2D eigenvalue weighted by Crippen LogP contribution is -2.39. The molecule has 0 aliphatic carbocycles. The van der Waals surface area contributed by atoms with Crippen molar-refractivity contribution in [3.8, 4) is 5.75 Å². The zero-order valence-electron chi connectivity index (χ0n) is 12.1. The highest BCUT2D eigenvalue weighted by Gasteiger charge is 2.41.